The third-order valence-electron chi connectivity index (χ3n) is 1.85. The summed E-state index contributed by atoms with van der Waals surface area (Å²) in [5.41, 5.74) is 0.708. The Morgan fingerprint density at radius 3 is 2.57 bits per heavy atom. The zero-order chi connectivity index (χ0) is 10.6. The number of aryl methyl sites for hydroxylation is 1. The van der Waals surface area contributed by atoms with Crippen LogP contribution in [0.15, 0.2) is 6.20 Å². The van der Waals surface area contributed by atoms with Crippen molar-refractivity contribution in [1.29, 1.82) is 0 Å². The van der Waals surface area contributed by atoms with Crippen LogP contribution in [0.25, 0.3) is 0 Å². The van der Waals surface area contributed by atoms with E-state index in [-0.39, 0.29) is 0 Å². The average Bonchev–Trinajstić information content (AvgIpc) is 2.53. The van der Waals surface area contributed by atoms with Crippen molar-refractivity contribution in [3.8, 4) is 0 Å². The Morgan fingerprint density at radius 2 is 2.14 bits per heavy atom. The van der Waals surface area contributed by atoms with Gasteiger partial charge in [0.15, 0.2) is 6.29 Å². The first-order chi connectivity index (χ1) is 6.67. The normalized spacial score (nSPS) is 13.5. The molecule has 0 aliphatic carbocycles. The van der Waals surface area contributed by atoms with E-state index in [2.05, 4.69) is 10.3 Å². The number of aliphatic hydroxyl groups is 1. The molecule has 6 nitrogen and oxygen atoms in total. The number of methoxy groups -OCH3 is 2. The minimum atomic E-state index is -0.735. The maximum atomic E-state index is 9.64. The summed E-state index contributed by atoms with van der Waals surface area (Å²) in [6, 6.07) is 0. The molecule has 1 heterocycles. The molecule has 1 aromatic rings. The van der Waals surface area contributed by atoms with Crippen molar-refractivity contribution < 1.29 is 14.6 Å². The van der Waals surface area contributed by atoms with Crippen LogP contribution in [0, 0.1) is 0 Å². The van der Waals surface area contributed by atoms with Gasteiger partial charge in [-0.1, -0.05) is 5.21 Å². The second-order valence-electron chi connectivity index (χ2n) is 2.99. The predicted octanol–water partition coefficient (Wildman–Crippen LogP) is -0.663. The molecular weight excluding hydrogens is 186 g/mol. The molecule has 1 atom stereocenters. The monoisotopic (exact) mass is 201 g/mol. The predicted molar refractivity (Wildman–Crippen MR) is 48.5 cm³/mol. The summed E-state index contributed by atoms with van der Waals surface area (Å²) < 4.78 is 11.4. The third kappa shape index (κ3) is 2.76. The lowest BCUT2D eigenvalue weighted by Gasteiger charge is -2.18. The van der Waals surface area contributed by atoms with E-state index in [4.69, 9.17) is 9.47 Å². The fraction of sp³-hybridized carbons (Fsp3) is 0.750. The van der Waals surface area contributed by atoms with Crippen LogP contribution in [0.5, 0.6) is 0 Å². The topological polar surface area (TPSA) is 69.4 Å². The minimum absolute atomic E-state index is 0.361. The number of aromatic nitrogens is 3. The van der Waals surface area contributed by atoms with Crippen molar-refractivity contribution >= 4 is 0 Å². The van der Waals surface area contributed by atoms with Crippen molar-refractivity contribution in [2.24, 2.45) is 7.05 Å². The van der Waals surface area contributed by atoms with Gasteiger partial charge in [0.05, 0.1) is 5.69 Å². The van der Waals surface area contributed by atoms with Gasteiger partial charge in [0.25, 0.3) is 0 Å². The number of rotatable bonds is 5. The molecule has 80 valence electrons. The van der Waals surface area contributed by atoms with Crippen LogP contribution in [-0.4, -0.2) is 46.7 Å². The van der Waals surface area contributed by atoms with Crippen molar-refractivity contribution in [1.82, 2.24) is 15.0 Å². The summed E-state index contributed by atoms with van der Waals surface area (Å²) in [6.07, 6.45) is 0.741. The lowest BCUT2D eigenvalue weighted by Crippen LogP contribution is -2.31. The molecule has 1 unspecified atom stereocenters. The second kappa shape index (κ2) is 5.04. The van der Waals surface area contributed by atoms with Crippen LogP contribution in [0.4, 0.5) is 0 Å². The summed E-state index contributed by atoms with van der Waals surface area (Å²) in [7, 11) is 4.73. The largest absolute Gasteiger partial charge is 0.387 e. The Hall–Kier alpha value is -0.980. The van der Waals surface area contributed by atoms with Crippen molar-refractivity contribution in [2.75, 3.05) is 14.2 Å². The first-order valence-corrected chi connectivity index (χ1v) is 4.26. The lowest BCUT2D eigenvalue weighted by molar-refractivity contribution is -0.163. The van der Waals surface area contributed by atoms with Crippen LogP contribution in [0.1, 0.15) is 5.69 Å². The van der Waals surface area contributed by atoms with Gasteiger partial charge in [0.2, 0.25) is 0 Å². The molecule has 0 aliphatic heterocycles. The van der Waals surface area contributed by atoms with Gasteiger partial charge in [0, 0.05) is 33.9 Å². The Bertz CT molecular complexity index is 273. The molecule has 1 rings (SSSR count). The maximum absolute atomic E-state index is 9.64. The van der Waals surface area contributed by atoms with Gasteiger partial charge in [-0.25, -0.2) is 0 Å². The van der Waals surface area contributed by atoms with E-state index in [1.165, 1.54) is 14.2 Å². The fourth-order valence-electron chi connectivity index (χ4n) is 1.21. The molecule has 0 saturated carbocycles. The van der Waals surface area contributed by atoms with Crippen LogP contribution < -0.4 is 0 Å². The Labute approximate surface area is 82.4 Å². The number of aliphatic hydroxyl groups excluding tert-OH is 1. The van der Waals surface area contributed by atoms with Gasteiger partial charge < -0.3 is 14.6 Å². The lowest BCUT2D eigenvalue weighted by atomic mass is 10.2. The fourth-order valence-corrected chi connectivity index (χ4v) is 1.21. The molecule has 6 heteroatoms. The summed E-state index contributed by atoms with van der Waals surface area (Å²) >= 11 is 0. The van der Waals surface area contributed by atoms with Gasteiger partial charge in [-0.2, -0.15) is 0 Å². The number of nitrogens with zero attached hydrogens (tertiary/aromatic N) is 3. The summed E-state index contributed by atoms with van der Waals surface area (Å²) in [5, 5.41) is 17.2. The molecule has 0 aliphatic rings. The molecule has 0 bridgehead atoms. The van der Waals surface area contributed by atoms with Gasteiger partial charge in [-0.05, 0) is 0 Å². The highest BCUT2D eigenvalue weighted by Gasteiger charge is 2.19. The Morgan fingerprint density at radius 1 is 1.50 bits per heavy atom. The van der Waals surface area contributed by atoms with E-state index >= 15 is 0 Å². The third-order valence-corrected chi connectivity index (χ3v) is 1.85. The van der Waals surface area contributed by atoms with Gasteiger partial charge in [-0.3, -0.25) is 4.68 Å². The zero-order valence-corrected chi connectivity index (χ0v) is 8.54. The quantitative estimate of drug-likeness (QED) is 0.640. The van der Waals surface area contributed by atoms with Crippen LogP contribution in [0.2, 0.25) is 0 Å². The molecule has 1 aromatic heterocycles. The minimum Gasteiger partial charge on any atom is -0.387 e. The number of hydrogen-bond acceptors (Lipinski definition) is 5. The van der Waals surface area contributed by atoms with E-state index in [0.717, 1.165) is 0 Å². The van der Waals surface area contributed by atoms with Crippen LogP contribution in [0.3, 0.4) is 0 Å². The summed E-state index contributed by atoms with van der Waals surface area (Å²) in [6.45, 7) is 0. The molecule has 14 heavy (non-hydrogen) atoms. The van der Waals surface area contributed by atoms with Crippen molar-refractivity contribution in [2.45, 2.75) is 18.8 Å². The molecule has 0 aromatic carbocycles. The highest BCUT2D eigenvalue weighted by Crippen LogP contribution is 2.05. The van der Waals surface area contributed by atoms with Crippen LogP contribution >= 0.6 is 0 Å². The molecule has 0 amide bonds. The zero-order valence-electron chi connectivity index (χ0n) is 8.54. The SMILES string of the molecule is COC(OC)C(O)Cc1cn(C)nn1. The van der Waals surface area contributed by atoms with Gasteiger partial charge >= 0.3 is 0 Å². The van der Waals surface area contributed by atoms with Gasteiger partial charge in [0.1, 0.15) is 6.10 Å². The molecule has 0 spiro atoms. The van der Waals surface area contributed by atoms with E-state index in [1.807, 2.05) is 0 Å². The first kappa shape index (κ1) is 11.1. The smallest absolute Gasteiger partial charge is 0.183 e. The standard InChI is InChI=1S/C8H15N3O3/c1-11-5-6(9-10-11)4-7(12)8(13-2)14-3/h5,7-8,12H,4H2,1-3H3. The highest BCUT2D eigenvalue weighted by atomic mass is 16.7. The van der Waals surface area contributed by atoms with Gasteiger partial charge in [-0.15, -0.1) is 5.10 Å². The Balaban J connectivity index is 2.51. The van der Waals surface area contributed by atoms with Crippen molar-refractivity contribution in [3.05, 3.63) is 11.9 Å². The number of ether oxygens (including phenoxy) is 2. The molecule has 0 fully saturated rings. The van der Waals surface area contributed by atoms with E-state index in [9.17, 15) is 5.11 Å². The van der Waals surface area contributed by atoms with Crippen LogP contribution in [-0.2, 0) is 22.9 Å². The maximum Gasteiger partial charge on any atom is 0.183 e. The molecule has 1 N–H and O–H groups in total. The molecule has 0 saturated heterocycles. The van der Waals surface area contributed by atoms with E-state index in [0.29, 0.717) is 12.1 Å². The Kier molecular flexibility index (Phi) is 3.99. The first-order valence-electron chi connectivity index (χ1n) is 4.26. The summed E-state index contributed by atoms with van der Waals surface area (Å²) in [4.78, 5) is 0. The second-order valence-corrected chi connectivity index (χ2v) is 2.99. The molecule has 0 radical (unpaired) electrons. The highest BCUT2D eigenvalue weighted by molar-refractivity contribution is 4.94. The summed E-state index contributed by atoms with van der Waals surface area (Å²) in [5.74, 6) is 0. The van der Waals surface area contributed by atoms with Crippen molar-refractivity contribution in [3.63, 3.8) is 0 Å². The molecular formula is C8H15N3O3. The van der Waals surface area contributed by atoms with E-state index < -0.39 is 12.4 Å². The van der Waals surface area contributed by atoms with E-state index in [1.54, 1.807) is 17.9 Å². The average molecular weight is 201 g/mol. The number of hydrogen-bond donors (Lipinski definition) is 1.